The molecule has 2 nitrogen and oxygen atoms in total. The van der Waals surface area contributed by atoms with E-state index in [9.17, 15) is 0 Å². The number of hydrogen-bond donors (Lipinski definition) is 1. The van der Waals surface area contributed by atoms with Gasteiger partial charge in [-0.3, -0.25) is 0 Å². The Labute approximate surface area is 103 Å². The summed E-state index contributed by atoms with van der Waals surface area (Å²) in [6.07, 6.45) is 1.80. The average Bonchev–Trinajstić information content (AvgIpc) is 2.29. The van der Waals surface area contributed by atoms with Crippen molar-refractivity contribution in [2.75, 3.05) is 6.61 Å². The molecule has 2 N–H and O–H groups in total. The van der Waals surface area contributed by atoms with Crippen molar-refractivity contribution in [1.82, 2.24) is 0 Å². The minimum Gasteiger partial charge on any atom is -0.377 e. The molecule has 2 unspecified atom stereocenters. The van der Waals surface area contributed by atoms with E-state index in [1.807, 2.05) is 31.2 Å². The lowest BCUT2D eigenvalue weighted by atomic mass is 10.0. The van der Waals surface area contributed by atoms with E-state index in [-0.39, 0.29) is 12.1 Å². The van der Waals surface area contributed by atoms with E-state index in [0.29, 0.717) is 6.61 Å². The Bertz CT molecular complexity index is 317. The van der Waals surface area contributed by atoms with Gasteiger partial charge in [-0.05, 0) is 31.4 Å². The van der Waals surface area contributed by atoms with E-state index in [4.69, 9.17) is 22.1 Å². The van der Waals surface area contributed by atoms with Crippen LogP contribution in [0.5, 0.6) is 0 Å². The Balaban J connectivity index is 2.62. The summed E-state index contributed by atoms with van der Waals surface area (Å²) in [6, 6.07) is 7.82. The Kier molecular flexibility index (Phi) is 5.81. The van der Waals surface area contributed by atoms with Crippen LogP contribution >= 0.6 is 11.6 Å². The van der Waals surface area contributed by atoms with Gasteiger partial charge in [0.2, 0.25) is 0 Å². The fourth-order valence-corrected chi connectivity index (χ4v) is 2.02. The first-order chi connectivity index (χ1) is 7.69. The lowest BCUT2D eigenvalue weighted by Gasteiger charge is -2.22. The van der Waals surface area contributed by atoms with Gasteiger partial charge in [-0.2, -0.15) is 0 Å². The standard InChI is InChI=1S/C13H20ClNO/c1-3-13(16-4-2)12(15)9-10-7-5-6-8-11(10)14/h5-8,12-13H,3-4,9,15H2,1-2H3. The molecule has 0 amide bonds. The zero-order chi connectivity index (χ0) is 12.0. The van der Waals surface area contributed by atoms with Gasteiger partial charge in [-0.25, -0.2) is 0 Å². The number of hydrogen-bond acceptors (Lipinski definition) is 2. The highest BCUT2D eigenvalue weighted by Crippen LogP contribution is 2.18. The molecule has 0 aromatic heterocycles. The molecular weight excluding hydrogens is 222 g/mol. The fraction of sp³-hybridized carbons (Fsp3) is 0.538. The first-order valence-electron chi connectivity index (χ1n) is 5.79. The average molecular weight is 242 g/mol. The van der Waals surface area contributed by atoms with Crippen molar-refractivity contribution < 1.29 is 4.74 Å². The molecule has 0 saturated carbocycles. The van der Waals surface area contributed by atoms with Gasteiger partial charge in [0.25, 0.3) is 0 Å². The first kappa shape index (κ1) is 13.5. The molecule has 0 saturated heterocycles. The summed E-state index contributed by atoms with van der Waals surface area (Å²) in [4.78, 5) is 0. The van der Waals surface area contributed by atoms with Crippen LogP contribution in [0.3, 0.4) is 0 Å². The topological polar surface area (TPSA) is 35.2 Å². The quantitative estimate of drug-likeness (QED) is 0.831. The second-order valence-corrected chi connectivity index (χ2v) is 4.27. The summed E-state index contributed by atoms with van der Waals surface area (Å²) >= 11 is 6.10. The fourth-order valence-electron chi connectivity index (χ4n) is 1.81. The third kappa shape index (κ3) is 3.78. The number of nitrogens with two attached hydrogens (primary N) is 1. The van der Waals surface area contributed by atoms with Gasteiger partial charge < -0.3 is 10.5 Å². The smallest absolute Gasteiger partial charge is 0.0726 e. The molecule has 0 spiro atoms. The number of rotatable bonds is 6. The Morgan fingerprint density at radius 3 is 2.56 bits per heavy atom. The summed E-state index contributed by atoms with van der Waals surface area (Å²) in [5.41, 5.74) is 7.22. The van der Waals surface area contributed by atoms with Crippen LogP contribution < -0.4 is 5.73 Å². The molecule has 90 valence electrons. The van der Waals surface area contributed by atoms with Crippen LogP contribution in [0.4, 0.5) is 0 Å². The minimum atomic E-state index is 0.00449. The lowest BCUT2D eigenvalue weighted by Crippen LogP contribution is -2.38. The summed E-state index contributed by atoms with van der Waals surface area (Å²) in [6.45, 7) is 4.78. The summed E-state index contributed by atoms with van der Waals surface area (Å²) in [5.74, 6) is 0. The van der Waals surface area contributed by atoms with Crippen molar-refractivity contribution in [3.8, 4) is 0 Å². The van der Waals surface area contributed by atoms with Gasteiger partial charge in [-0.1, -0.05) is 36.7 Å². The zero-order valence-electron chi connectivity index (χ0n) is 9.95. The molecule has 16 heavy (non-hydrogen) atoms. The highest BCUT2D eigenvalue weighted by Gasteiger charge is 2.17. The Hall–Kier alpha value is -0.570. The van der Waals surface area contributed by atoms with Crippen LogP contribution in [0.25, 0.3) is 0 Å². The monoisotopic (exact) mass is 241 g/mol. The van der Waals surface area contributed by atoms with Gasteiger partial charge in [-0.15, -0.1) is 0 Å². The van der Waals surface area contributed by atoms with Crippen LogP contribution in [-0.4, -0.2) is 18.8 Å². The van der Waals surface area contributed by atoms with E-state index in [1.165, 1.54) is 0 Å². The third-order valence-electron chi connectivity index (χ3n) is 2.67. The van der Waals surface area contributed by atoms with Gasteiger partial charge in [0.05, 0.1) is 6.10 Å². The highest BCUT2D eigenvalue weighted by atomic mass is 35.5. The van der Waals surface area contributed by atoms with Crippen LogP contribution in [0, 0.1) is 0 Å². The second-order valence-electron chi connectivity index (χ2n) is 3.86. The lowest BCUT2D eigenvalue weighted by molar-refractivity contribution is 0.0417. The van der Waals surface area contributed by atoms with Crippen molar-refractivity contribution in [2.45, 2.75) is 38.8 Å². The van der Waals surface area contributed by atoms with E-state index in [0.717, 1.165) is 23.4 Å². The maximum Gasteiger partial charge on any atom is 0.0726 e. The minimum absolute atomic E-state index is 0.00449. The van der Waals surface area contributed by atoms with Crippen molar-refractivity contribution in [1.29, 1.82) is 0 Å². The van der Waals surface area contributed by atoms with Gasteiger partial charge in [0.1, 0.15) is 0 Å². The van der Waals surface area contributed by atoms with Crippen molar-refractivity contribution in [3.05, 3.63) is 34.9 Å². The zero-order valence-corrected chi connectivity index (χ0v) is 10.7. The number of halogens is 1. The molecule has 2 atom stereocenters. The third-order valence-corrected chi connectivity index (χ3v) is 3.04. The second kappa shape index (κ2) is 6.89. The molecule has 0 heterocycles. The van der Waals surface area contributed by atoms with Crippen LogP contribution in [0.1, 0.15) is 25.8 Å². The van der Waals surface area contributed by atoms with Gasteiger partial charge in [0, 0.05) is 17.7 Å². The van der Waals surface area contributed by atoms with E-state index in [2.05, 4.69) is 6.92 Å². The van der Waals surface area contributed by atoms with E-state index >= 15 is 0 Å². The van der Waals surface area contributed by atoms with Crippen LogP contribution in [0.2, 0.25) is 5.02 Å². The first-order valence-corrected chi connectivity index (χ1v) is 6.17. The predicted octanol–water partition coefficient (Wildman–Crippen LogP) is 3.02. The van der Waals surface area contributed by atoms with Crippen molar-refractivity contribution >= 4 is 11.6 Å². The molecule has 1 aromatic carbocycles. The molecule has 0 aliphatic heterocycles. The highest BCUT2D eigenvalue weighted by molar-refractivity contribution is 6.31. The van der Waals surface area contributed by atoms with Crippen molar-refractivity contribution in [2.24, 2.45) is 5.73 Å². The summed E-state index contributed by atoms with van der Waals surface area (Å²) in [7, 11) is 0. The van der Waals surface area contributed by atoms with Crippen LogP contribution in [-0.2, 0) is 11.2 Å². The molecule has 0 radical (unpaired) electrons. The molecule has 0 aliphatic rings. The van der Waals surface area contributed by atoms with E-state index in [1.54, 1.807) is 0 Å². The Morgan fingerprint density at radius 2 is 2.00 bits per heavy atom. The largest absolute Gasteiger partial charge is 0.377 e. The normalized spacial score (nSPS) is 14.8. The summed E-state index contributed by atoms with van der Waals surface area (Å²) in [5, 5.41) is 0.782. The molecule has 0 fully saturated rings. The molecule has 1 aromatic rings. The Morgan fingerprint density at radius 1 is 1.31 bits per heavy atom. The molecule has 0 aliphatic carbocycles. The SMILES string of the molecule is CCOC(CC)C(N)Cc1ccccc1Cl. The maximum absolute atomic E-state index is 6.13. The van der Waals surface area contributed by atoms with Gasteiger partial charge in [0.15, 0.2) is 0 Å². The van der Waals surface area contributed by atoms with Crippen molar-refractivity contribution in [3.63, 3.8) is 0 Å². The predicted molar refractivity (Wildman–Crippen MR) is 68.8 cm³/mol. The molecule has 3 heteroatoms. The van der Waals surface area contributed by atoms with Gasteiger partial charge >= 0.3 is 0 Å². The number of ether oxygens (including phenoxy) is 1. The van der Waals surface area contributed by atoms with Crippen LogP contribution in [0.15, 0.2) is 24.3 Å². The summed E-state index contributed by atoms with van der Waals surface area (Å²) < 4.78 is 5.60. The molecular formula is C13H20ClNO. The number of benzene rings is 1. The maximum atomic E-state index is 6.13. The molecule has 1 rings (SSSR count). The molecule has 0 bridgehead atoms. The van der Waals surface area contributed by atoms with E-state index < -0.39 is 0 Å².